The molecule has 3 aliphatic rings. The molecule has 0 atom stereocenters. The van der Waals surface area contributed by atoms with E-state index in [-0.39, 0.29) is 17.1 Å². The van der Waals surface area contributed by atoms with Crippen molar-refractivity contribution in [3.63, 3.8) is 0 Å². The van der Waals surface area contributed by atoms with E-state index in [0.717, 1.165) is 50.6 Å². The standard InChI is InChI=1S/C26H35N5O2/c1-20-27-16-22(17-28-20)30-18-24(31(23(30)32)19-25(33)10-7-11-25)12-14-26(15-13-24,29(2)3)21-8-5-4-6-9-21/h4-6,8-9,16-17,33H,7,10-15,18-19H2,1-3H3/t24-,26-. The number of aromatic nitrogens is 2. The van der Waals surface area contributed by atoms with E-state index in [1.54, 1.807) is 12.4 Å². The van der Waals surface area contributed by atoms with Crippen LogP contribution in [0.5, 0.6) is 0 Å². The van der Waals surface area contributed by atoms with Gasteiger partial charge >= 0.3 is 6.03 Å². The van der Waals surface area contributed by atoms with Crippen molar-refractivity contribution in [1.29, 1.82) is 0 Å². The Kier molecular flexibility index (Phi) is 5.45. The molecule has 7 nitrogen and oxygen atoms in total. The topological polar surface area (TPSA) is 72.8 Å². The average Bonchev–Trinajstić information content (AvgIpc) is 3.06. The Balaban J connectivity index is 1.46. The molecule has 7 heteroatoms. The van der Waals surface area contributed by atoms with Crippen molar-refractivity contribution in [3.05, 3.63) is 54.1 Å². The van der Waals surface area contributed by atoms with Gasteiger partial charge in [0.1, 0.15) is 5.82 Å². The molecule has 2 saturated carbocycles. The normalized spacial score (nSPS) is 29.1. The largest absolute Gasteiger partial charge is 0.388 e. The minimum atomic E-state index is -0.752. The van der Waals surface area contributed by atoms with Crippen molar-refractivity contribution in [2.75, 3.05) is 32.1 Å². The van der Waals surface area contributed by atoms with Gasteiger partial charge in [-0.2, -0.15) is 0 Å². The molecule has 33 heavy (non-hydrogen) atoms. The second-order valence-electron chi connectivity index (χ2n) is 10.5. The van der Waals surface area contributed by atoms with Crippen molar-refractivity contribution in [2.24, 2.45) is 0 Å². The van der Waals surface area contributed by atoms with Gasteiger partial charge in [-0.25, -0.2) is 14.8 Å². The van der Waals surface area contributed by atoms with E-state index in [4.69, 9.17) is 0 Å². The summed E-state index contributed by atoms with van der Waals surface area (Å²) in [5, 5.41) is 11.0. The highest BCUT2D eigenvalue weighted by molar-refractivity contribution is 5.95. The molecule has 0 unspecified atom stereocenters. The van der Waals surface area contributed by atoms with Crippen LogP contribution in [-0.2, 0) is 5.54 Å². The van der Waals surface area contributed by atoms with E-state index in [1.165, 1.54) is 5.56 Å². The Morgan fingerprint density at radius 2 is 1.64 bits per heavy atom. The lowest BCUT2D eigenvalue weighted by atomic mass is 9.67. The van der Waals surface area contributed by atoms with Crippen LogP contribution in [-0.4, -0.2) is 69.2 Å². The first-order valence-corrected chi connectivity index (χ1v) is 12.1. The van der Waals surface area contributed by atoms with Crippen LogP contribution in [0.25, 0.3) is 0 Å². The zero-order valence-corrected chi connectivity index (χ0v) is 20.0. The Hall–Kier alpha value is -2.51. The van der Waals surface area contributed by atoms with Crippen LogP contribution in [0.15, 0.2) is 42.7 Å². The average molecular weight is 450 g/mol. The van der Waals surface area contributed by atoms with Crippen molar-refractivity contribution in [3.8, 4) is 0 Å². The molecule has 2 aromatic rings. The Bertz CT molecular complexity index is 995. The van der Waals surface area contributed by atoms with Crippen LogP contribution < -0.4 is 4.90 Å². The Morgan fingerprint density at radius 3 is 2.18 bits per heavy atom. The molecule has 2 amide bonds. The van der Waals surface area contributed by atoms with Crippen molar-refractivity contribution < 1.29 is 9.90 Å². The molecule has 2 aliphatic carbocycles. The van der Waals surface area contributed by atoms with Gasteiger partial charge < -0.3 is 10.0 Å². The zero-order chi connectivity index (χ0) is 23.3. The fourth-order valence-corrected chi connectivity index (χ4v) is 6.09. The first-order chi connectivity index (χ1) is 15.8. The predicted molar refractivity (Wildman–Crippen MR) is 128 cm³/mol. The fourth-order valence-electron chi connectivity index (χ4n) is 6.09. The number of carbonyl (C=O) groups excluding carboxylic acids is 1. The molecule has 1 aliphatic heterocycles. The highest BCUT2D eigenvalue weighted by Gasteiger charge is 2.56. The summed E-state index contributed by atoms with van der Waals surface area (Å²) in [7, 11) is 4.32. The van der Waals surface area contributed by atoms with Gasteiger partial charge in [-0.1, -0.05) is 30.3 Å². The molecular weight excluding hydrogens is 414 g/mol. The molecule has 2 heterocycles. The van der Waals surface area contributed by atoms with Crippen molar-refractivity contribution in [2.45, 2.75) is 68.5 Å². The van der Waals surface area contributed by atoms with Crippen LogP contribution in [0.2, 0.25) is 0 Å². The zero-order valence-electron chi connectivity index (χ0n) is 20.0. The van der Waals surface area contributed by atoms with Gasteiger partial charge in [-0.3, -0.25) is 9.80 Å². The van der Waals surface area contributed by atoms with Gasteiger partial charge in [-0.05, 0) is 71.5 Å². The first-order valence-electron chi connectivity index (χ1n) is 12.1. The number of aliphatic hydroxyl groups is 1. The second kappa shape index (κ2) is 8.06. The number of urea groups is 1. The van der Waals surface area contributed by atoms with Gasteiger partial charge in [0, 0.05) is 5.54 Å². The minimum absolute atomic E-state index is 0.0279. The lowest BCUT2D eigenvalue weighted by Crippen LogP contribution is -2.59. The second-order valence-corrected chi connectivity index (χ2v) is 10.5. The molecule has 1 aromatic carbocycles. The maximum absolute atomic E-state index is 13.7. The maximum Gasteiger partial charge on any atom is 0.325 e. The SMILES string of the molecule is Cc1ncc(N2C[C@]3(CC[C@@](c4ccccc4)(N(C)C)CC3)N(CC3(O)CCC3)C2=O)cn1. The number of β-amino-alcohol motifs (C(OH)–C–C–N with tert-alkyl or cyclic N) is 1. The Labute approximate surface area is 196 Å². The molecule has 0 bridgehead atoms. The lowest BCUT2D eigenvalue weighted by Gasteiger charge is -2.52. The predicted octanol–water partition coefficient (Wildman–Crippen LogP) is 3.71. The molecular formula is C26H35N5O2. The monoisotopic (exact) mass is 449 g/mol. The lowest BCUT2D eigenvalue weighted by molar-refractivity contribution is -0.0725. The van der Waals surface area contributed by atoms with E-state index in [9.17, 15) is 9.90 Å². The fraction of sp³-hybridized carbons (Fsp3) is 0.577. The van der Waals surface area contributed by atoms with Crippen LogP contribution in [0.1, 0.15) is 56.3 Å². The summed E-state index contributed by atoms with van der Waals surface area (Å²) in [4.78, 5) is 28.5. The molecule has 176 valence electrons. The highest BCUT2D eigenvalue weighted by atomic mass is 16.3. The smallest absolute Gasteiger partial charge is 0.325 e. The molecule has 1 aromatic heterocycles. The number of hydrogen-bond donors (Lipinski definition) is 1. The van der Waals surface area contributed by atoms with Crippen molar-refractivity contribution in [1.82, 2.24) is 19.8 Å². The number of nitrogens with zero attached hydrogens (tertiary/aromatic N) is 5. The molecule has 1 N–H and O–H groups in total. The van der Waals surface area contributed by atoms with E-state index in [1.807, 2.05) is 16.7 Å². The summed E-state index contributed by atoms with van der Waals surface area (Å²) in [6.07, 6.45) is 9.76. The third kappa shape index (κ3) is 3.71. The molecule has 3 fully saturated rings. The van der Waals surface area contributed by atoms with Crippen LogP contribution in [0, 0.1) is 6.92 Å². The molecule has 5 rings (SSSR count). The maximum atomic E-state index is 13.7. The summed E-state index contributed by atoms with van der Waals surface area (Å²) >= 11 is 0. The number of rotatable bonds is 5. The molecule has 1 saturated heterocycles. The van der Waals surface area contributed by atoms with Gasteiger partial charge in [0.05, 0.1) is 42.3 Å². The summed E-state index contributed by atoms with van der Waals surface area (Å²) in [6.45, 7) is 2.88. The summed E-state index contributed by atoms with van der Waals surface area (Å²) in [5.74, 6) is 0.692. The van der Waals surface area contributed by atoms with Crippen molar-refractivity contribution >= 4 is 11.7 Å². The quantitative estimate of drug-likeness (QED) is 0.753. The van der Waals surface area contributed by atoms with Gasteiger partial charge in [0.15, 0.2) is 0 Å². The van der Waals surface area contributed by atoms with Crippen LogP contribution in [0.3, 0.4) is 0 Å². The molecule has 0 radical (unpaired) electrons. The van der Waals surface area contributed by atoms with E-state index in [0.29, 0.717) is 18.9 Å². The third-order valence-electron chi connectivity index (χ3n) is 8.48. The summed E-state index contributed by atoms with van der Waals surface area (Å²) < 4.78 is 0. The first kappa shape index (κ1) is 22.3. The van der Waals surface area contributed by atoms with E-state index in [2.05, 4.69) is 59.3 Å². The number of hydrogen-bond acceptors (Lipinski definition) is 5. The number of amides is 2. The summed E-state index contributed by atoms with van der Waals surface area (Å²) in [6, 6.07) is 10.7. The molecule has 1 spiro atoms. The van der Waals surface area contributed by atoms with Gasteiger partial charge in [0.25, 0.3) is 0 Å². The minimum Gasteiger partial charge on any atom is -0.388 e. The van der Waals surface area contributed by atoms with E-state index >= 15 is 0 Å². The van der Waals surface area contributed by atoms with E-state index < -0.39 is 5.60 Å². The third-order valence-corrected chi connectivity index (χ3v) is 8.48. The van der Waals surface area contributed by atoms with Crippen LogP contribution >= 0.6 is 0 Å². The summed E-state index contributed by atoms with van der Waals surface area (Å²) in [5.41, 5.74) is 0.983. The number of aryl methyl sites for hydroxylation is 1. The number of benzene rings is 1. The Morgan fingerprint density at radius 1 is 1.00 bits per heavy atom. The number of anilines is 1. The number of carbonyl (C=O) groups is 1. The van der Waals surface area contributed by atoms with Gasteiger partial charge in [-0.15, -0.1) is 0 Å². The highest BCUT2D eigenvalue weighted by Crippen LogP contribution is 2.50. The van der Waals surface area contributed by atoms with Gasteiger partial charge in [0.2, 0.25) is 0 Å². The van der Waals surface area contributed by atoms with Crippen LogP contribution in [0.4, 0.5) is 10.5 Å².